The zero-order valence-electron chi connectivity index (χ0n) is 11.2. The van der Waals surface area contributed by atoms with Crippen molar-refractivity contribution in [3.05, 3.63) is 29.8 Å². The average Bonchev–Trinajstić information content (AvgIpc) is 3.01. The maximum Gasteiger partial charge on any atom is 0.126 e. The summed E-state index contributed by atoms with van der Waals surface area (Å²) in [5, 5.41) is 0.978. The number of benzene rings is 1. The molecular formula is C16H21F2P. The predicted octanol–water partition coefficient (Wildman–Crippen LogP) is 4.96. The monoisotopic (exact) mass is 282 g/mol. The molecule has 3 rings (SSSR count). The van der Waals surface area contributed by atoms with Gasteiger partial charge in [0.1, 0.15) is 11.6 Å². The van der Waals surface area contributed by atoms with Crippen molar-refractivity contribution in [3.8, 4) is 0 Å². The van der Waals surface area contributed by atoms with Gasteiger partial charge in [0.25, 0.3) is 0 Å². The Labute approximate surface area is 115 Å². The van der Waals surface area contributed by atoms with Crippen LogP contribution in [0.3, 0.4) is 0 Å². The first kappa shape index (κ1) is 13.5. The van der Waals surface area contributed by atoms with Gasteiger partial charge in [-0.05, 0) is 54.4 Å². The highest BCUT2D eigenvalue weighted by Gasteiger charge is 2.34. The molecule has 1 aromatic rings. The minimum absolute atomic E-state index is 0.370. The zero-order chi connectivity index (χ0) is 13.2. The molecule has 19 heavy (non-hydrogen) atoms. The number of halogens is 2. The molecule has 3 heteroatoms. The van der Waals surface area contributed by atoms with Crippen LogP contribution in [0.1, 0.15) is 51.4 Å². The minimum Gasteiger partial charge on any atom is -0.207 e. The fraction of sp³-hybridized carbons (Fsp3) is 0.625. The summed E-state index contributed by atoms with van der Waals surface area (Å²) in [5.41, 5.74) is 1.42. The summed E-state index contributed by atoms with van der Waals surface area (Å²) in [6.07, 6.45) is 10.3. The third kappa shape index (κ3) is 2.99. The Kier molecular flexibility index (Phi) is 4.17. The Balaban J connectivity index is 1.92. The van der Waals surface area contributed by atoms with E-state index in [2.05, 4.69) is 0 Å². The van der Waals surface area contributed by atoms with Gasteiger partial charge in [-0.3, -0.25) is 0 Å². The van der Waals surface area contributed by atoms with Gasteiger partial charge in [0.15, 0.2) is 0 Å². The van der Waals surface area contributed by atoms with E-state index in [1.54, 1.807) is 12.1 Å². The molecule has 2 fully saturated rings. The second kappa shape index (κ2) is 5.87. The molecule has 0 spiro atoms. The van der Waals surface area contributed by atoms with E-state index in [9.17, 15) is 8.78 Å². The van der Waals surface area contributed by atoms with Crippen molar-refractivity contribution in [1.29, 1.82) is 0 Å². The molecule has 1 aromatic carbocycles. The highest BCUT2D eigenvalue weighted by atomic mass is 31.1. The lowest BCUT2D eigenvalue weighted by Crippen LogP contribution is -2.20. The zero-order valence-corrected chi connectivity index (χ0v) is 12.1. The Morgan fingerprint density at radius 1 is 0.737 bits per heavy atom. The Bertz CT molecular complexity index is 398. The molecule has 0 bridgehead atoms. The normalized spacial score (nSPS) is 21.6. The number of rotatable bonds is 3. The molecule has 0 unspecified atom stereocenters. The second-order valence-corrected chi connectivity index (χ2v) is 8.70. The molecule has 2 aliphatic rings. The van der Waals surface area contributed by atoms with Crippen LogP contribution in [0.15, 0.2) is 18.2 Å². The maximum absolute atomic E-state index is 13.5. The van der Waals surface area contributed by atoms with Crippen molar-refractivity contribution in [3.63, 3.8) is 0 Å². The number of hydrogen-bond donors (Lipinski definition) is 0. The fourth-order valence-corrected chi connectivity index (χ4v) is 7.60. The fourth-order valence-electron chi connectivity index (χ4n) is 3.77. The predicted molar refractivity (Wildman–Crippen MR) is 77.4 cm³/mol. The third-order valence-corrected chi connectivity index (χ3v) is 8.04. The molecule has 0 amide bonds. The molecule has 0 N–H and O–H groups in total. The standard InChI is InChI=1S/C16H21F2P/c17-12-9-13(18)11-16(10-12)19(14-5-1-2-6-14)15-7-3-4-8-15/h9-11,14-15H,1-8H2. The van der Waals surface area contributed by atoms with Crippen LogP contribution in [0.5, 0.6) is 0 Å². The molecule has 0 aromatic heterocycles. The first-order valence-corrected chi connectivity index (χ1v) is 8.96. The quantitative estimate of drug-likeness (QED) is 0.688. The van der Waals surface area contributed by atoms with E-state index in [-0.39, 0.29) is 7.92 Å². The van der Waals surface area contributed by atoms with Gasteiger partial charge < -0.3 is 0 Å². The molecular weight excluding hydrogens is 261 g/mol. The summed E-state index contributed by atoms with van der Waals surface area (Å²) in [5.74, 6) is -0.808. The lowest BCUT2D eigenvalue weighted by molar-refractivity contribution is 0.585. The largest absolute Gasteiger partial charge is 0.207 e. The Hall–Kier alpha value is -0.490. The van der Waals surface area contributed by atoms with Gasteiger partial charge in [0.05, 0.1) is 0 Å². The Morgan fingerprint density at radius 2 is 1.16 bits per heavy atom. The summed E-state index contributed by atoms with van der Waals surface area (Å²) in [6, 6.07) is 4.21. The van der Waals surface area contributed by atoms with Crippen LogP contribution in [-0.2, 0) is 0 Å². The maximum atomic E-state index is 13.5. The van der Waals surface area contributed by atoms with Crippen LogP contribution in [0, 0.1) is 11.6 Å². The highest BCUT2D eigenvalue weighted by molar-refractivity contribution is 7.67. The van der Waals surface area contributed by atoms with Crippen molar-refractivity contribution in [1.82, 2.24) is 0 Å². The van der Waals surface area contributed by atoms with E-state index in [4.69, 9.17) is 0 Å². The lowest BCUT2D eigenvalue weighted by Gasteiger charge is -2.30. The minimum atomic E-state index is -0.404. The summed E-state index contributed by atoms with van der Waals surface area (Å²) in [4.78, 5) is 0. The van der Waals surface area contributed by atoms with Gasteiger partial charge in [-0.25, -0.2) is 8.78 Å². The Morgan fingerprint density at radius 3 is 1.58 bits per heavy atom. The molecule has 0 atom stereocenters. The van der Waals surface area contributed by atoms with E-state index >= 15 is 0 Å². The van der Waals surface area contributed by atoms with E-state index in [0.717, 1.165) is 11.4 Å². The molecule has 0 nitrogen and oxygen atoms in total. The van der Waals surface area contributed by atoms with Crippen molar-refractivity contribution in [2.75, 3.05) is 0 Å². The van der Waals surface area contributed by atoms with Crippen molar-refractivity contribution >= 4 is 13.2 Å². The summed E-state index contributed by atoms with van der Waals surface area (Å²) in [6.45, 7) is 0. The molecule has 0 aliphatic heterocycles. The van der Waals surface area contributed by atoms with Gasteiger partial charge in [-0.1, -0.05) is 33.6 Å². The van der Waals surface area contributed by atoms with E-state index in [0.29, 0.717) is 11.3 Å². The smallest absolute Gasteiger partial charge is 0.126 e. The van der Waals surface area contributed by atoms with E-state index < -0.39 is 11.6 Å². The van der Waals surface area contributed by atoms with Crippen LogP contribution < -0.4 is 5.30 Å². The van der Waals surface area contributed by atoms with Gasteiger partial charge in [-0.15, -0.1) is 0 Å². The number of hydrogen-bond acceptors (Lipinski definition) is 0. The van der Waals surface area contributed by atoms with Gasteiger partial charge in [0, 0.05) is 6.07 Å². The summed E-state index contributed by atoms with van der Waals surface area (Å²) in [7, 11) is -0.370. The van der Waals surface area contributed by atoms with E-state index in [1.807, 2.05) is 0 Å². The van der Waals surface area contributed by atoms with Gasteiger partial charge in [0.2, 0.25) is 0 Å². The molecule has 2 aliphatic carbocycles. The van der Waals surface area contributed by atoms with Gasteiger partial charge in [-0.2, -0.15) is 0 Å². The molecule has 104 valence electrons. The highest BCUT2D eigenvalue weighted by Crippen LogP contribution is 2.56. The van der Waals surface area contributed by atoms with Gasteiger partial charge >= 0.3 is 0 Å². The van der Waals surface area contributed by atoms with Crippen molar-refractivity contribution < 1.29 is 8.78 Å². The molecule has 0 heterocycles. The van der Waals surface area contributed by atoms with Crippen LogP contribution in [0.2, 0.25) is 0 Å². The van der Waals surface area contributed by atoms with E-state index in [1.165, 1.54) is 51.4 Å². The third-order valence-electron chi connectivity index (χ3n) is 4.58. The van der Waals surface area contributed by atoms with Crippen molar-refractivity contribution in [2.45, 2.75) is 62.7 Å². The average molecular weight is 282 g/mol. The topological polar surface area (TPSA) is 0 Å². The van der Waals surface area contributed by atoms with Crippen LogP contribution in [0.4, 0.5) is 8.78 Å². The summed E-state index contributed by atoms with van der Waals surface area (Å²) >= 11 is 0. The first-order valence-electron chi connectivity index (χ1n) is 7.48. The van der Waals surface area contributed by atoms with Crippen LogP contribution >= 0.6 is 7.92 Å². The molecule has 0 saturated heterocycles. The SMILES string of the molecule is Fc1cc(F)cc(P(C2CCCC2)C2CCCC2)c1. The van der Waals surface area contributed by atoms with Crippen molar-refractivity contribution in [2.24, 2.45) is 0 Å². The lowest BCUT2D eigenvalue weighted by atomic mass is 10.3. The molecule has 0 radical (unpaired) electrons. The van der Waals surface area contributed by atoms with Crippen LogP contribution in [0.25, 0.3) is 0 Å². The summed E-state index contributed by atoms with van der Waals surface area (Å²) < 4.78 is 27.1. The van der Waals surface area contributed by atoms with Crippen LogP contribution in [-0.4, -0.2) is 11.3 Å². The second-order valence-electron chi connectivity index (χ2n) is 5.91. The first-order chi connectivity index (χ1) is 9.24. The molecule has 2 saturated carbocycles.